The predicted molar refractivity (Wildman–Crippen MR) is 66.3 cm³/mol. The van der Waals surface area contributed by atoms with E-state index in [4.69, 9.17) is 4.84 Å². The third kappa shape index (κ3) is 3.47. The van der Waals surface area contributed by atoms with Crippen LogP contribution in [0.2, 0.25) is 0 Å². The highest BCUT2D eigenvalue weighted by molar-refractivity contribution is 7.18. The van der Waals surface area contributed by atoms with Gasteiger partial charge in [0.15, 0.2) is 0 Å². The van der Waals surface area contributed by atoms with Gasteiger partial charge in [0.1, 0.15) is 6.20 Å². The third-order valence-electron chi connectivity index (χ3n) is 2.02. The van der Waals surface area contributed by atoms with Crippen LogP contribution in [0.5, 0.6) is 0 Å². The normalized spacial score (nSPS) is 10.2. The first-order valence-corrected chi connectivity index (χ1v) is 5.95. The van der Waals surface area contributed by atoms with Crippen molar-refractivity contribution in [1.29, 1.82) is 0 Å². The number of nitro groups is 1. The Morgan fingerprint density at radius 2 is 2.33 bits per heavy atom. The van der Waals surface area contributed by atoms with Gasteiger partial charge in [0.05, 0.1) is 11.5 Å². The molecule has 1 N–H and O–H groups in total. The molecule has 2 heterocycles. The highest BCUT2D eigenvalue weighted by atomic mass is 32.1. The molecular weight excluding hydrogens is 256 g/mol. The van der Waals surface area contributed by atoms with E-state index in [1.807, 2.05) is 18.2 Å². The molecule has 0 bridgehead atoms. The Bertz CT molecular complexity index is 517. The number of nitrogens with zero attached hydrogens (tertiary/aromatic N) is 3. The summed E-state index contributed by atoms with van der Waals surface area (Å²) in [6.45, 7) is 0.407. The summed E-state index contributed by atoms with van der Waals surface area (Å²) in [4.78, 5) is 23.0. The van der Waals surface area contributed by atoms with Gasteiger partial charge in [-0.05, 0) is 23.5 Å². The number of anilines is 1. The van der Waals surface area contributed by atoms with Crippen LogP contribution in [0.15, 0.2) is 30.6 Å². The first-order chi connectivity index (χ1) is 8.75. The number of rotatable bonds is 6. The second-order valence-corrected chi connectivity index (χ2v) is 4.29. The molecule has 0 fully saturated rings. The number of nitrogens with one attached hydrogen (secondary N) is 1. The molecule has 0 atom stereocenters. The number of thiazole rings is 1. The van der Waals surface area contributed by atoms with Crippen molar-refractivity contribution in [2.75, 3.05) is 12.1 Å². The van der Waals surface area contributed by atoms with E-state index in [0.29, 0.717) is 18.2 Å². The molecule has 0 aliphatic heterocycles. The van der Waals surface area contributed by atoms with Gasteiger partial charge >= 0.3 is 5.00 Å². The lowest BCUT2D eigenvalue weighted by Crippen LogP contribution is -2.05. The minimum Gasteiger partial charge on any atom is -0.274 e. The van der Waals surface area contributed by atoms with Crippen LogP contribution >= 0.6 is 11.3 Å². The number of hydrogen-bond acceptors (Lipinski definition) is 7. The molecule has 0 spiro atoms. The largest absolute Gasteiger partial charge is 0.345 e. The average Bonchev–Trinajstić information content (AvgIpc) is 2.85. The summed E-state index contributed by atoms with van der Waals surface area (Å²) in [5.41, 5.74) is 3.49. The fourth-order valence-corrected chi connectivity index (χ4v) is 1.80. The van der Waals surface area contributed by atoms with Gasteiger partial charge in [-0.3, -0.25) is 19.9 Å². The van der Waals surface area contributed by atoms with Crippen molar-refractivity contribution in [1.82, 2.24) is 9.97 Å². The number of hydrogen-bond donors (Lipinski definition) is 1. The van der Waals surface area contributed by atoms with Crippen molar-refractivity contribution < 1.29 is 9.76 Å². The van der Waals surface area contributed by atoms with E-state index in [1.54, 1.807) is 6.20 Å². The van der Waals surface area contributed by atoms with Crippen LogP contribution in [0.3, 0.4) is 0 Å². The third-order valence-corrected chi connectivity index (χ3v) is 2.87. The molecule has 0 aromatic carbocycles. The Kier molecular flexibility index (Phi) is 4.15. The first-order valence-electron chi connectivity index (χ1n) is 5.13. The summed E-state index contributed by atoms with van der Waals surface area (Å²) in [5.74, 6) is 0. The van der Waals surface area contributed by atoms with Crippen LogP contribution in [0.1, 0.15) is 5.69 Å². The van der Waals surface area contributed by atoms with E-state index >= 15 is 0 Å². The summed E-state index contributed by atoms with van der Waals surface area (Å²) in [5, 5.41) is 10.8. The van der Waals surface area contributed by atoms with Crippen LogP contribution < -0.4 is 5.48 Å². The fourth-order valence-electron chi connectivity index (χ4n) is 1.21. The van der Waals surface area contributed by atoms with Crippen LogP contribution in [0, 0.1) is 10.1 Å². The maximum Gasteiger partial charge on any atom is 0.345 e. The van der Waals surface area contributed by atoms with Crippen LogP contribution in [-0.2, 0) is 11.3 Å². The van der Waals surface area contributed by atoms with Crippen LogP contribution in [-0.4, -0.2) is 21.5 Å². The minimum atomic E-state index is -0.489. The number of pyridine rings is 1. The molecule has 0 amide bonds. The molecule has 2 rings (SSSR count). The van der Waals surface area contributed by atoms with Gasteiger partial charge in [-0.15, -0.1) is 0 Å². The molecule has 7 nitrogen and oxygen atoms in total. The Morgan fingerprint density at radius 3 is 3.00 bits per heavy atom. The quantitative estimate of drug-likeness (QED) is 0.488. The summed E-state index contributed by atoms with van der Waals surface area (Å²) in [6, 6.07) is 5.65. The standard InChI is InChI=1S/C10H10N4O3S/c15-14(16)9-7-12-10(18-9)13-17-6-4-8-3-1-2-5-11-8/h1-3,5,7H,4,6H2,(H,12,13). The van der Waals surface area contributed by atoms with Gasteiger partial charge in [-0.2, -0.15) is 0 Å². The minimum absolute atomic E-state index is 0.0224. The second-order valence-electron chi connectivity index (χ2n) is 3.28. The molecule has 0 saturated heterocycles. The van der Waals surface area contributed by atoms with Gasteiger partial charge in [-0.1, -0.05) is 6.07 Å². The second kappa shape index (κ2) is 6.03. The summed E-state index contributed by atoms with van der Waals surface area (Å²) < 4.78 is 0. The molecule has 94 valence electrons. The average molecular weight is 266 g/mol. The van der Waals surface area contributed by atoms with Crippen molar-refractivity contribution in [2.24, 2.45) is 0 Å². The lowest BCUT2D eigenvalue weighted by Gasteiger charge is -2.02. The molecular formula is C10H10N4O3S. The summed E-state index contributed by atoms with van der Waals surface area (Å²) in [6.07, 6.45) is 3.56. The first kappa shape index (κ1) is 12.4. The van der Waals surface area contributed by atoms with E-state index in [1.165, 1.54) is 6.20 Å². The summed E-state index contributed by atoms with van der Waals surface area (Å²) in [7, 11) is 0. The van der Waals surface area contributed by atoms with Crippen molar-refractivity contribution in [3.05, 3.63) is 46.4 Å². The number of aromatic nitrogens is 2. The maximum absolute atomic E-state index is 10.4. The molecule has 2 aromatic rings. The van der Waals surface area contributed by atoms with Crippen molar-refractivity contribution in [2.45, 2.75) is 6.42 Å². The molecule has 18 heavy (non-hydrogen) atoms. The molecule has 8 heteroatoms. The van der Waals surface area contributed by atoms with Crippen LogP contribution in [0.4, 0.5) is 10.1 Å². The highest BCUT2D eigenvalue weighted by Gasteiger charge is 2.10. The maximum atomic E-state index is 10.4. The lowest BCUT2D eigenvalue weighted by atomic mass is 10.3. The Balaban J connectivity index is 1.73. The van der Waals surface area contributed by atoms with Crippen molar-refractivity contribution in [3.63, 3.8) is 0 Å². The zero-order valence-electron chi connectivity index (χ0n) is 9.28. The molecule has 0 aliphatic carbocycles. The zero-order chi connectivity index (χ0) is 12.8. The summed E-state index contributed by atoms with van der Waals surface area (Å²) >= 11 is 0.925. The van der Waals surface area contributed by atoms with Crippen LogP contribution in [0.25, 0.3) is 0 Å². The molecule has 0 unspecified atom stereocenters. The highest BCUT2D eigenvalue weighted by Crippen LogP contribution is 2.24. The SMILES string of the molecule is O=[N+]([O-])c1cnc(NOCCc2ccccn2)s1. The fraction of sp³-hybridized carbons (Fsp3) is 0.200. The van der Waals surface area contributed by atoms with E-state index < -0.39 is 4.92 Å². The van der Waals surface area contributed by atoms with Crippen molar-refractivity contribution in [3.8, 4) is 0 Å². The molecule has 0 radical (unpaired) electrons. The zero-order valence-corrected chi connectivity index (χ0v) is 10.1. The van der Waals surface area contributed by atoms with Gasteiger partial charge in [0.25, 0.3) is 0 Å². The lowest BCUT2D eigenvalue weighted by molar-refractivity contribution is -0.380. The monoisotopic (exact) mass is 266 g/mol. The molecule has 2 aromatic heterocycles. The van der Waals surface area contributed by atoms with Gasteiger partial charge in [-0.25, -0.2) is 10.5 Å². The van der Waals surface area contributed by atoms with Crippen molar-refractivity contribution >= 4 is 21.5 Å². The van der Waals surface area contributed by atoms with E-state index in [2.05, 4.69) is 15.4 Å². The van der Waals surface area contributed by atoms with E-state index in [-0.39, 0.29) is 5.00 Å². The Labute approximate surface area is 107 Å². The van der Waals surface area contributed by atoms with Gasteiger partial charge in [0.2, 0.25) is 5.13 Å². The Hall–Kier alpha value is -2.06. The molecule has 0 saturated carbocycles. The topological polar surface area (TPSA) is 90.2 Å². The van der Waals surface area contributed by atoms with Gasteiger partial charge in [0, 0.05) is 18.3 Å². The van der Waals surface area contributed by atoms with E-state index in [0.717, 1.165) is 17.0 Å². The molecule has 0 aliphatic rings. The predicted octanol–water partition coefficient (Wildman–Crippen LogP) is 2.03. The Morgan fingerprint density at radius 1 is 1.44 bits per heavy atom. The smallest absolute Gasteiger partial charge is 0.274 e. The van der Waals surface area contributed by atoms with Gasteiger partial charge < -0.3 is 0 Å². The van der Waals surface area contributed by atoms with E-state index in [9.17, 15) is 10.1 Å².